The first-order valence-electron chi connectivity index (χ1n) is 6.86. The Balaban J connectivity index is 2.84. The summed E-state index contributed by atoms with van der Waals surface area (Å²) < 4.78 is 5.04. The van der Waals surface area contributed by atoms with Crippen LogP contribution in [-0.2, 0) is 20.7 Å². The largest absolute Gasteiger partial charge is 0.464 e. The lowest BCUT2D eigenvalue weighted by Crippen LogP contribution is -2.52. The van der Waals surface area contributed by atoms with Crippen molar-refractivity contribution in [1.29, 1.82) is 5.26 Å². The van der Waals surface area contributed by atoms with Gasteiger partial charge in [-0.1, -0.05) is 12.1 Å². The van der Waals surface area contributed by atoms with Crippen LogP contribution in [-0.4, -0.2) is 24.0 Å². The van der Waals surface area contributed by atoms with Crippen molar-refractivity contribution in [3.8, 4) is 6.07 Å². The molecular weight excluding hydrogens is 268 g/mol. The van der Waals surface area contributed by atoms with Crippen LogP contribution in [0, 0.1) is 11.3 Å². The minimum atomic E-state index is -1.06. The third-order valence-corrected chi connectivity index (χ3v) is 3.15. The fourth-order valence-corrected chi connectivity index (χ4v) is 2.09. The Bertz CT molecular complexity index is 563. The molecule has 0 aliphatic heterocycles. The van der Waals surface area contributed by atoms with Crippen molar-refractivity contribution in [3.05, 3.63) is 35.4 Å². The zero-order chi connectivity index (χ0) is 15.9. The second-order valence-corrected chi connectivity index (χ2v) is 5.05. The molecule has 0 aliphatic rings. The first-order chi connectivity index (χ1) is 9.91. The van der Waals surface area contributed by atoms with Gasteiger partial charge in [0.05, 0.1) is 18.2 Å². The predicted molar refractivity (Wildman–Crippen MR) is 78.3 cm³/mol. The van der Waals surface area contributed by atoms with E-state index in [2.05, 4.69) is 11.4 Å². The number of nitriles is 1. The molecule has 1 aromatic carbocycles. The normalized spacial score (nSPS) is 12.9. The molecule has 5 nitrogen and oxygen atoms in total. The standard InChI is InChI=1S/C16H20N2O3/c1-4-21-15(20)16(3,18-12(2)19)9-8-13-6-5-7-14(10-13)11-17/h5-7,10H,4,8-9H2,1-3H3,(H,18,19). The zero-order valence-electron chi connectivity index (χ0n) is 12.6. The van der Waals surface area contributed by atoms with Gasteiger partial charge >= 0.3 is 5.97 Å². The van der Waals surface area contributed by atoms with Crippen molar-refractivity contribution in [2.45, 2.75) is 39.2 Å². The van der Waals surface area contributed by atoms with E-state index in [-0.39, 0.29) is 12.5 Å². The molecule has 0 bridgehead atoms. The monoisotopic (exact) mass is 288 g/mol. The molecule has 1 N–H and O–H groups in total. The van der Waals surface area contributed by atoms with E-state index in [0.717, 1.165) is 5.56 Å². The predicted octanol–water partition coefficient (Wildman–Crippen LogP) is 1.95. The topological polar surface area (TPSA) is 79.2 Å². The van der Waals surface area contributed by atoms with Crippen molar-refractivity contribution >= 4 is 11.9 Å². The Kier molecular flexibility index (Phi) is 5.92. The average Bonchev–Trinajstić information content (AvgIpc) is 2.45. The molecular formula is C16H20N2O3. The maximum atomic E-state index is 12.1. The molecule has 1 unspecified atom stereocenters. The van der Waals surface area contributed by atoms with Gasteiger partial charge in [0.1, 0.15) is 5.54 Å². The van der Waals surface area contributed by atoms with Crippen molar-refractivity contribution in [2.75, 3.05) is 6.61 Å². The number of rotatable bonds is 6. The third kappa shape index (κ3) is 4.92. The van der Waals surface area contributed by atoms with Crippen LogP contribution in [0.2, 0.25) is 0 Å². The number of aryl methyl sites for hydroxylation is 1. The first kappa shape index (κ1) is 16.7. The number of nitrogens with zero attached hydrogens (tertiary/aromatic N) is 1. The highest BCUT2D eigenvalue weighted by Crippen LogP contribution is 2.17. The summed E-state index contributed by atoms with van der Waals surface area (Å²) in [7, 11) is 0. The minimum Gasteiger partial charge on any atom is -0.464 e. The summed E-state index contributed by atoms with van der Waals surface area (Å²) >= 11 is 0. The van der Waals surface area contributed by atoms with E-state index in [9.17, 15) is 9.59 Å². The van der Waals surface area contributed by atoms with Crippen LogP contribution in [0.15, 0.2) is 24.3 Å². The van der Waals surface area contributed by atoms with Gasteiger partial charge in [-0.2, -0.15) is 5.26 Å². The lowest BCUT2D eigenvalue weighted by molar-refractivity contribution is -0.152. The Morgan fingerprint density at radius 1 is 1.43 bits per heavy atom. The van der Waals surface area contributed by atoms with Crippen LogP contribution in [0.5, 0.6) is 0 Å². The number of carbonyl (C=O) groups excluding carboxylic acids is 2. The van der Waals surface area contributed by atoms with Gasteiger partial charge in [-0.25, -0.2) is 4.79 Å². The van der Waals surface area contributed by atoms with E-state index in [1.54, 1.807) is 32.0 Å². The van der Waals surface area contributed by atoms with Crippen LogP contribution in [0.25, 0.3) is 0 Å². The molecule has 5 heteroatoms. The number of hydrogen-bond donors (Lipinski definition) is 1. The highest BCUT2D eigenvalue weighted by Gasteiger charge is 2.35. The molecule has 1 aromatic rings. The maximum Gasteiger partial charge on any atom is 0.331 e. The van der Waals surface area contributed by atoms with Gasteiger partial charge in [0.15, 0.2) is 0 Å². The molecule has 0 aromatic heterocycles. The number of amides is 1. The van der Waals surface area contributed by atoms with Gasteiger partial charge in [0.25, 0.3) is 0 Å². The number of hydrogen-bond acceptors (Lipinski definition) is 4. The maximum absolute atomic E-state index is 12.1. The summed E-state index contributed by atoms with van der Waals surface area (Å²) in [4.78, 5) is 23.4. The van der Waals surface area contributed by atoms with Gasteiger partial charge in [-0.05, 0) is 44.4 Å². The molecule has 0 fully saturated rings. The van der Waals surface area contributed by atoms with Crippen molar-refractivity contribution in [1.82, 2.24) is 5.32 Å². The summed E-state index contributed by atoms with van der Waals surface area (Å²) in [6, 6.07) is 9.27. The molecule has 0 aliphatic carbocycles. The second-order valence-electron chi connectivity index (χ2n) is 5.05. The fourth-order valence-electron chi connectivity index (χ4n) is 2.09. The molecule has 1 atom stereocenters. The Hall–Kier alpha value is -2.35. The van der Waals surface area contributed by atoms with Crippen LogP contribution >= 0.6 is 0 Å². The van der Waals surface area contributed by atoms with E-state index >= 15 is 0 Å². The van der Waals surface area contributed by atoms with Crippen LogP contribution in [0.1, 0.15) is 38.3 Å². The smallest absolute Gasteiger partial charge is 0.331 e. The summed E-state index contributed by atoms with van der Waals surface area (Å²) in [5.41, 5.74) is 0.449. The van der Waals surface area contributed by atoms with Crippen LogP contribution < -0.4 is 5.32 Å². The third-order valence-electron chi connectivity index (χ3n) is 3.15. The highest BCUT2D eigenvalue weighted by atomic mass is 16.5. The molecule has 0 radical (unpaired) electrons. The van der Waals surface area contributed by atoms with Crippen molar-refractivity contribution in [3.63, 3.8) is 0 Å². The number of esters is 1. The second kappa shape index (κ2) is 7.44. The number of carbonyl (C=O) groups is 2. The Morgan fingerprint density at radius 3 is 2.71 bits per heavy atom. The Morgan fingerprint density at radius 2 is 2.14 bits per heavy atom. The lowest BCUT2D eigenvalue weighted by Gasteiger charge is -2.28. The van der Waals surface area contributed by atoms with Gasteiger partial charge in [0.2, 0.25) is 5.91 Å². The van der Waals surface area contributed by atoms with E-state index in [1.807, 2.05) is 6.07 Å². The molecule has 1 rings (SSSR count). The molecule has 21 heavy (non-hydrogen) atoms. The molecule has 0 spiro atoms. The Labute approximate surface area is 124 Å². The average molecular weight is 288 g/mol. The van der Waals surface area contributed by atoms with Gasteiger partial charge in [-0.15, -0.1) is 0 Å². The SMILES string of the molecule is CCOC(=O)C(C)(CCc1cccc(C#N)c1)NC(C)=O. The van der Waals surface area contributed by atoms with Crippen LogP contribution in [0.4, 0.5) is 0 Å². The molecule has 0 heterocycles. The van der Waals surface area contributed by atoms with E-state index in [0.29, 0.717) is 18.4 Å². The van der Waals surface area contributed by atoms with Crippen LogP contribution in [0.3, 0.4) is 0 Å². The quantitative estimate of drug-likeness (QED) is 0.811. The lowest BCUT2D eigenvalue weighted by atomic mass is 9.92. The fraction of sp³-hybridized carbons (Fsp3) is 0.438. The summed E-state index contributed by atoms with van der Waals surface area (Å²) in [5, 5.41) is 11.5. The minimum absolute atomic E-state index is 0.262. The van der Waals surface area contributed by atoms with E-state index in [1.165, 1.54) is 6.92 Å². The van der Waals surface area contributed by atoms with Gasteiger partial charge < -0.3 is 10.1 Å². The zero-order valence-corrected chi connectivity index (χ0v) is 12.6. The molecule has 0 saturated carbocycles. The highest BCUT2D eigenvalue weighted by molar-refractivity contribution is 5.86. The van der Waals surface area contributed by atoms with Crippen molar-refractivity contribution in [2.24, 2.45) is 0 Å². The summed E-state index contributed by atoms with van der Waals surface area (Å²) in [6.07, 6.45) is 0.964. The summed E-state index contributed by atoms with van der Waals surface area (Å²) in [5.74, 6) is -0.729. The number of benzene rings is 1. The molecule has 112 valence electrons. The van der Waals surface area contributed by atoms with Gasteiger partial charge in [-0.3, -0.25) is 4.79 Å². The van der Waals surface area contributed by atoms with E-state index in [4.69, 9.17) is 10.00 Å². The summed E-state index contributed by atoms with van der Waals surface area (Å²) in [6.45, 7) is 5.01. The van der Waals surface area contributed by atoms with Gasteiger partial charge in [0, 0.05) is 6.92 Å². The first-order valence-corrected chi connectivity index (χ1v) is 6.86. The molecule has 1 amide bonds. The number of ether oxygens (including phenoxy) is 1. The molecule has 0 saturated heterocycles. The number of nitrogens with one attached hydrogen (secondary N) is 1. The van der Waals surface area contributed by atoms with Crippen molar-refractivity contribution < 1.29 is 14.3 Å². The van der Waals surface area contributed by atoms with E-state index < -0.39 is 11.5 Å².